The molecule has 0 bridgehead atoms. The second-order valence-electron chi connectivity index (χ2n) is 8.10. The summed E-state index contributed by atoms with van der Waals surface area (Å²) in [5.41, 5.74) is 0.477. The van der Waals surface area contributed by atoms with Gasteiger partial charge in [0.1, 0.15) is 17.3 Å². The van der Waals surface area contributed by atoms with Gasteiger partial charge < -0.3 is 19.7 Å². The topological polar surface area (TPSA) is 109 Å². The molecular weight excluding hydrogens is 436 g/mol. The van der Waals surface area contributed by atoms with Crippen LogP contribution in [0.4, 0.5) is 4.79 Å². The number of urea groups is 1. The van der Waals surface area contributed by atoms with Crippen LogP contribution in [-0.2, 0) is 16.9 Å². The first kappa shape index (κ1) is 21.4. The molecule has 0 spiro atoms. The van der Waals surface area contributed by atoms with Gasteiger partial charge in [0.05, 0.1) is 20.2 Å². The molecule has 0 saturated carbocycles. The quantitative estimate of drug-likeness (QED) is 0.646. The van der Waals surface area contributed by atoms with Crippen LogP contribution in [0.1, 0.15) is 21.5 Å². The first-order chi connectivity index (χ1) is 16.5. The Morgan fingerprint density at radius 1 is 1.09 bits per heavy atom. The first-order valence-corrected chi connectivity index (χ1v) is 10.7. The summed E-state index contributed by atoms with van der Waals surface area (Å²) in [5.74, 6) is 1.06. The van der Waals surface area contributed by atoms with Crippen molar-refractivity contribution in [3.63, 3.8) is 0 Å². The predicted molar refractivity (Wildman–Crippen MR) is 124 cm³/mol. The number of rotatable bonds is 6. The fraction of sp³-hybridized carbons (Fsp3) is 0.200. The third-order valence-electron chi connectivity index (χ3n) is 6.00. The molecule has 3 aliphatic heterocycles. The van der Waals surface area contributed by atoms with Crippen LogP contribution in [0, 0.1) is 0 Å². The summed E-state index contributed by atoms with van der Waals surface area (Å²) in [6, 6.07) is 11.6. The molecule has 0 aliphatic carbocycles. The Morgan fingerprint density at radius 3 is 2.62 bits per heavy atom. The van der Waals surface area contributed by atoms with Crippen LogP contribution in [0.25, 0.3) is 0 Å². The van der Waals surface area contributed by atoms with E-state index < -0.39 is 17.5 Å². The standard InChI is InChI=1S/C25H22N4O5/c1-33-20-7-4-16-14-29(22(30)21(16)13-20)15-25(23(31)27-24(32)28-25)17-5-8-19(9-6-17)34-18-3-2-11-26-12-10-18/h2-11,13H,12,14-15H2,1H3,(H2,27,28,31,32)/t25-/m0/s1. The Balaban J connectivity index is 1.41. The van der Waals surface area contributed by atoms with Crippen LogP contribution in [-0.4, -0.2) is 49.2 Å². The van der Waals surface area contributed by atoms with Gasteiger partial charge in [-0.25, -0.2) is 4.79 Å². The summed E-state index contributed by atoms with van der Waals surface area (Å²) in [6.07, 6.45) is 7.16. The number of carbonyl (C=O) groups excluding carboxylic acids is 3. The van der Waals surface area contributed by atoms with Crippen LogP contribution in [0.2, 0.25) is 0 Å². The van der Waals surface area contributed by atoms with E-state index in [-0.39, 0.29) is 12.5 Å². The number of carbonyl (C=O) groups is 3. The van der Waals surface area contributed by atoms with Gasteiger partial charge >= 0.3 is 6.03 Å². The zero-order valence-electron chi connectivity index (χ0n) is 18.4. The number of nitrogens with one attached hydrogen (secondary N) is 2. The van der Waals surface area contributed by atoms with E-state index in [0.29, 0.717) is 41.5 Å². The molecule has 0 radical (unpaired) electrons. The van der Waals surface area contributed by atoms with E-state index in [2.05, 4.69) is 15.6 Å². The zero-order valence-corrected chi connectivity index (χ0v) is 18.4. The molecule has 1 atom stereocenters. The largest absolute Gasteiger partial charge is 0.497 e. The van der Waals surface area contributed by atoms with Crippen molar-refractivity contribution in [2.45, 2.75) is 12.1 Å². The molecule has 2 aromatic rings. The van der Waals surface area contributed by atoms with Crippen molar-refractivity contribution in [3.8, 4) is 11.5 Å². The highest BCUT2D eigenvalue weighted by molar-refractivity contribution is 6.08. The number of benzene rings is 2. The van der Waals surface area contributed by atoms with Crippen molar-refractivity contribution in [2.24, 2.45) is 4.99 Å². The molecule has 1 saturated heterocycles. The second kappa shape index (κ2) is 8.51. The minimum Gasteiger partial charge on any atom is -0.497 e. The molecule has 5 rings (SSSR count). The van der Waals surface area contributed by atoms with Crippen molar-refractivity contribution in [2.75, 3.05) is 20.2 Å². The summed E-state index contributed by atoms with van der Waals surface area (Å²) in [6.45, 7) is 0.826. The van der Waals surface area contributed by atoms with Crippen molar-refractivity contribution in [1.82, 2.24) is 15.5 Å². The third kappa shape index (κ3) is 3.81. The van der Waals surface area contributed by atoms with E-state index in [1.54, 1.807) is 53.6 Å². The van der Waals surface area contributed by atoms with Gasteiger partial charge in [0.2, 0.25) is 0 Å². The maximum Gasteiger partial charge on any atom is 0.322 e. The van der Waals surface area contributed by atoms with Gasteiger partial charge in [-0.1, -0.05) is 18.2 Å². The molecule has 3 heterocycles. The fourth-order valence-electron chi connectivity index (χ4n) is 4.27. The third-order valence-corrected chi connectivity index (χ3v) is 6.00. The lowest BCUT2D eigenvalue weighted by Crippen LogP contribution is -2.52. The first-order valence-electron chi connectivity index (χ1n) is 10.7. The number of imide groups is 1. The summed E-state index contributed by atoms with van der Waals surface area (Å²) < 4.78 is 11.1. The highest BCUT2D eigenvalue weighted by Crippen LogP contribution is 2.33. The molecule has 0 aromatic heterocycles. The van der Waals surface area contributed by atoms with Crippen molar-refractivity contribution < 1.29 is 23.9 Å². The number of ether oxygens (including phenoxy) is 2. The molecular formula is C25H22N4O5. The Kier molecular flexibility index (Phi) is 5.37. The number of methoxy groups -OCH3 is 1. The molecule has 4 amide bonds. The lowest BCUT2D eigenvalue weighted by Gasteiger charge is -2.31. The van der Waals surface area contributed by atoms with Crippen LogP contribution >= 0.6 is 0 Å². The average molecular weight is 458 g/mol. The van der Waals surface area contributed by atoms with Gasteiger partial charge in [0.25, 0.3) is 11.8 Å². The maximum absolute atomic E-state index is 13.1. The Bertz CT molecular complexity index is 1260. The van der Waals surface area contributed by atoms with Crippen LogP contribution in [0.3, 0.4) is 0 Å². The molecule has 34 heavy (non-hydrogen) atoms. The van der Waals surface area contributed by atoms with Gasteiger partial charge in [-0.15, -0.1) is 0 Å². The molecule has 9 nitrogen and oxygen atoms in total. The van der Waals surface area contributed by atoms with Crippen LogP contribution in [0.5, 0.6) is 11.5 Å². The van der Waals surface area contributed by atoms with Gasteiger partial charge in [-0.05, 0) is 53.6 Å². The highest BCUT2D eigenvalue weighted by atomic mass is 16.5. The Morgan fingerprint density at radius 2 is 1.88 bits per heavy atom. The van der Waals surface area contributed by atoms with Gasteiger partial charge in [0, 0.05) is 18.3 Å². The summed E-state index contributed by atoms with van der Waals surface area (Å²) in [4.78, 5) is 43.9. The molecule has 2 N–H and O–H groups in total. The zero-order chi connectivity index (χ0) is 23.7. The number of nitrogens with zero attached hydrogens (tertiary/aromatic N) is 2. The van der Waals surface area contributed by atoms with Crippen LogP contribution in [0.15, 0.2) is 71.4 Å². The van der Waals surface area contributed by atoms with Crippen molar-refractivity contribution in [3.05, 3.63) is 83.1 Å². The van der Waals surface area contributed by atoms with E-state index >= 15 is 0 Å². The summed E-state index contributed by atoms with van der Waals surface area (Å²) >= 11 is 0. The lowest BCUT2D eigenvalue weighted by molar-refractivity contribution is -0.124. The minimum atomic E-state index is -1.42. The van der Waals surface area contributed by atoms with E-state index in [4.69, 9.17) is 9.47 Å². The smallest absolute Gasteiger partial charge is 0.322 e. The lowest BCUT2D eigenvalue weighted by atomic mass is 9.89. The minimum absolute atomic E-state index is 0.0220. The molecule has 2 aromatic carbocycles. The van der Waals surface area contributed by atoms with Gasteiger partial charge in [0.15, 0.2) is 5.54 Å². The van der Waals surface area contributed by atoms with Crippen molar-refractivity contribution in [1.29, 1.82) is 0 Å². The highest BCUT2D eigenvalue weighted by Gasteiger charge is 2.50. The van der Waals surface area contributed by atoms with E-state index in [0.717, 1.165) is 5.56 Å². The number of hydrogen-bond donors (Lipinski definition) is 2. The maximum atomic E-state index is 13.1. The molecule has 1 fully saturated rings. The SMILES string of the molecule is COc1ccc2c(c1)C(=O)N(C[C@@]1(c3ccc(OC4=CCN=CC=C4)cc3)NC(=O)NC1=O)C2. The van der Waals surface area contributed by atoms with E-state index in [1.807, 2.05) is 18.2 Å². The number of allylic oxidation sites excluding steroid dienone is 2. The Hall–Kier alpha value is -4.40. The summed E-state index contributed by atoms with van der Waals surface area (Å²) in [5, 5.41) is 5.05. The number of hydrogen-bond acceptors (Lipinski definition) is 6. The molecule has 3 aliphatic rings. The summed E-state index contributed by atoms with van der Waals surface area (Å²) in [7, 11) is 1.54. The van der Waals surface area contributed by atoms with E-state index in [1.165, 1.54) is 7.11 Å². The number of aliphatic imine (C=N–C) groups is 1. The monoisotopic (exact) mass is 458 g/mol. The van der Waals surface area contributed by atoms with Crippen molar-refractivity contribution >= 4 is 24.1 Å². The van der Waals surface area contributed by atoms with Gasteiger partial charge in [-0.2, -0.15) is 0 Å². The number of amides is 4. The second-order valence-corrected chi connectivity index (χ2v) is 8.10. The van der Waals surface area contributed by atoms with Crippen LogP contribution < -0.4 is 20.1 Å². The molecule has 172 valence electrons. The fourth-order valence-corrected chi connectivity index (χ4v) is 4.27. The average Bonchev–Trinajstić information content (AvgIpc) is 3.15. The molecule has 0 unspecified atom stereocenters. The number of fused-ring (bicyclic) bond motifs is 1. The predicted octanol–water partition coefficient (Wildman–Crippen LogP) is 2.29. The Labute approximate surface area is 195 Å². The van der Waals surface area contributed by atoms with E-state index in [9.17, 15) is 14.4 Å². The van der Waals surface area contributed by atoms with Gasteiger partial charge in [-0.3, -0.25) is 19.9 Å². The molecule has 9 heteroatoms. The normalized spacial score (nSPS) is 21.0.